The Morgan fingerprint density at radius 2 is 1.89 bits per heavy atom. The fourth-order valence-corrected chi connectivity index (χ4v) is 4.04. The van der Waals surface area contributed by atoms with Crippen molar-refractivity contribution in [2.45, 2.75) is 83.2 Å². The molecule has 0 aromatic rings. The van der Waals surface area contributed by atoms with Crippen LogP contribution < -0.4 is 5.32 Å². The Morgan fingerprint density at radius 1 is 1.21 bits per heavy atom. The fraction of sp³-hybridized carbons (Fsp3) is 1.00. The van der Waals surface area contributed by atoms with Gasteiger partial charge >= 0.3 is 0 Å². The molecule has 0 aromatic heterocycles. The molecule has 0 spiro atoms. The second kappa shape index (κ2) is 6.55. The molecule has 19 heavy (non-hydrogen) atoms. The number of hydrogen-bond donors (Lipinski definition) is 1. The predicted molar refractivity (Wildman–Crippen MR) is 78.4 cm³/mol. The summed E-state index contributed by atoms with van der Waals surface area (Å²) in [6.07, 6.45) is 8.20. The van der Waals surface area contributed by atoms with Gasteiger partial charge < -0.3 is 14.8 Å². The van der Waals surface area contributed by atoms with Gasteiger partial charge in [-0.1, -0.05) is 19.8 Å². The van der Waals surface area contributed by atoms with Gasteiger partial charge in [-0.25, -0.2) is 0 Å². The molecule has 1 aliphatic heterocycles. The van der Waals surface area contributed by atoms with Crippen molar-refractivity contribution >= 4 is 0 Å². The summed E-state index contributed by atoms with van der Waals surface area (Å²) in [5.74, 6) is 0.789. The SMILES string of the molecule is CNCC1(OC2CC(C)OC(C)C2)CCCC(C)C1. The molecular weight excluding hydrogens is 238 g/mol. The molecule has 0 amide bonds. The van der Waals surface area contributed by atoms with Crippen molar-refractivity contribution in [3.05, 3.63) is 0 Å². The third-order valence-electron chi connectivity index (χ3n) is 4.62. The first-order valence-electron chi connectivity index (χ1n) is 8.01. The monoisotopic (exact) mass is 269 g/mol. The highest BCUT2D eigenvalue weighted by molar-refractivity contribution is 4.91. The maximum Gasteiger partial charge on any atom is 0.0812 e. The Balaban J connectivity index is 1.99. The van der Waals surface area contributed by atoms with E-state index < -0.39 is 0 Å². The summed E-state index contributed by atoms with van der Waals surface area (Å²) in [7, 11) is 2.04. The molecule has 2 rings (SSSR count). The van der Waals surface area contributed by atoms with Gasteiger partial charge in [0.25, 0.3) is 0 Å². The first kappa shape index (κ1) is 15.3. The topological polar surface area (TPSA) is 30.5 Å². The minimum Gasteiger partial charge on any atom is -0.375 e. The minimum absolute atomic E-state index is 0.0634. The van der Waals surface area contributed by atoms with Gasteiger partial charge in [-0.2, -0.15) is 0 Å². The summed E-state index contributed by atoms with van der Waals surface area (Å²) >= 11 is 0. The summed E-state index contributed by atoms with van der Waals surface area (Å²) in [6, 6.07) is 0. The van der Waals surface area contributed by atoms with Crippen molar-refractivity contribution in [2.75, 3.05) is 13.6 Å². The van der Waals surface area contributed by atoms with Crippen LogP contribution in [-0.4, -0.2) is 37.5 Å². The molecule has 0 aromatic carbocycles. The van der Waals surface area contributed by atoms with Gasteiger partial charge in [0.1, 0.15) is 0 Å². The second-order valence-electron chi connectivity index (χ2n) is 6.88. The lowest BCUT2D eigenvalue weighted by atomic mass is 9.78. The first-order valence-corrected chi connectivity index (χ1v) is 8.01. The zero-order valence-electron chi connectivity index (χ0n) is 13.1. The van der Waals surface area contributed by atoms with Crippen LogP contribution in [0.5, 0.6) is 0 Å². The standard InChI is InChI=1S/C16H31NO2/c1-12-6-5-7-16(10-12,11-17-4)19-15-8-13(2)18-14(3)9-15/h12-15,17H,5-11H2,1-4H3. The Morgan fingerprint density at radius 3 is 2.47 bits per heavy atom. The summed E-state index contributed by atoms with van der Waals surface area (Å²) < 4.78 is 12.5. The third-order valence-corrected chi connectivity index (χ3v) is 4.62. The van der Waals surface area contributed by atoms with Crippen LogP contribution in [0.2, 0.25) is 0 Å². The van der Waals surface area contributed by atoms with Crippen LogP contribution in [0.25, 0.3) is 0 Å². The molecule has 112 valence electrons. The zero-order chi connectivity index (χ0) is 13.9. The number of likely N-dealkylation sites (N-methyl/N-ethyl adjacent to an activating group) is 1. The highest BCUT2D eigenvalue weighted by Crippen LogP contribution is 2.37. The maximum absolute atomic E-state index is 6.63. The highest BCUT2D eigenvalue weighted by Gasteiger charge is 2.39. The Labute approximate surface area is 118 Å². The third kappa shape index (κ3) is 4.17. The van der Waals surface area contributed by atoms with E-state index in [1.807, 2.05) is 7.05 Å². The van der Waals surface area contributed by atoms with Crippen LogP contribution >= 0.6 is 0 Å². The smallest absolute Gasteiger partial charge is 0.0812 e. The van der Waals surface area contributed by atoms with Crippen molar-refractivity contribution < 1.29 is 9.47 Å². The van der Waals surface area contributed by atoms with Crippen molar-refractivity contribution in [2.24, 2.45) is 5.92 Å². The highest BCUT2D eigenvalue weighted by atomic mass is 16.5. The van der Waals surface area contributed by atoms with E-state index in [1.165, 1.54) is 25.7 Å². The number of ether oxygens (including phenoxy) is 2. The minimum atomic E-state index is 0.0634. The van der Waals surface area contributed by atoms with Gasteiger partial charge in [-0.05, 0) is 52.5 Å². The van der Waals surface area contributed by atoms with Crippen LogP contribution in [-0.2, 0) is 9.47 Å². The van der Waals surface area contributed by atoms with Gasteiger partial charge in [0.05, 0.1) is 23.9 Å². The molecule has 4 unspecified atom stereocenters. The lowest BCUT2D eigenvalue weighted by Crippen LogP contribution is -2.49. The molecule has 1 N–H and O–H groups in total. The van der Waals surface area contributed by atoms with E-state index in [0.717, 1.165) is 25.3 Å². The zero-order valence-corrected chi connectivity index (χ0v) is 13.1. The van der Waals surface area contributed by atoms with Crippen molar-refractivity contribution in [1.82, 2.24) is 5.32 Å². The maximum atomic E-state index is 6.63. The van der Waals surface area contributed by atoms with E-state index in [2.05, 4.69) is 26.1 Å². The molecular formula is C16H31NO2. The van der Waals surface area contributed by atoms with Crippen molar-refractivity contribution in [3.8, 4) is 0 Å². The van der Waals surface area contributed by atoms with Crippen molar-refractivity contribution in [1.29, 1.82) is 0 Å². The molecule has 0 bridgehead atoms. The molecule has 3 nitrogen and oxygen atoms in total. The summed E-state index contributed by atoms with van der Waals surface area (Å²) in [6.45, 7) is 7.68. The van der Waals surface area contributed by atoms with E-state index in [4.69, 9.17) is 9.47 Å². The van der Waals surface area contributed by atoms with E-state index >= 15 is 0 Å². The lowest BCUT2D eigenvalue weighted by molar-refractivity contribution is -0.170. The molecule has 4 atom stereocenters. The molecule has 0 radical (unpaired) electrons. The average Bonchev–Trinajstić information content (AvgIpc) is 2.27. The van der Waals surface area contributed by atoms with E-state index in [9.17, 15) is 0 Å². The van der Waals surface area contributed by atoms with Crippen LogP contribution in [0.4, 0.5) is 0 Å². The van der Waals surface area contributed by atoms with E-state index in [0.29, 0.717) is 18.3 Å². The molecule has 2 aliphatic rings. The Kier molecular flexibility index (Phi) is 5.27. The van der Waals surface area contributed by atoms with Crippen LogP contribution in [0.15, 0.2) is 0 Å². The number of hydrogen-bond acceptors (Lipinski definition) is 3. The van der Waals surface area contributed by atoms with Crippen LogP contribution in [0, 0.1) is 5.92 Å². The van der Waals surface area contributed by atoms with Crippen molar-refractivity contribution in [3.63, 3.8) is 0 Å². The fourth-order valence-electron chi connectivity index (χ4n) is 4.04. The second-order valence-corrected chi connectivity index (χ2v) is 6.88. The van der Waals surface area contributed by atoms with Gasteiger partial charge in [0.15, 0.2) is 0 Å². The van der Waals surface area contributed by atoms with E-state index in [-0.39, 0.29) is 5.60 Å². The summed E-state index contributed by atoms with van der Waals surface area (Å²) in [4.78, 5) is 0. The predicted octanol–water partition coefficient (Wildman–Crippen LogP) is 3.13. The lowest BCUT2D eigenvalue weighted by Gasteiger charge is -2.44. The molecule has 1 aliphatic carbocycles. The largest absolute Gasteiger partial charge is 0.375 e. The number of rotatable bonds is 4. The molecule has 1 heterocycles. The van der Waals surface area contributed by atoms with Crippen LogP contribution in [0.1, 0.15) is 59.3 Å². The first-order chi connectivity index (χ1) is 9.03. The summed E-state index contributed by atoms with van der Waals surface area (Å²) in [5, 5.41) is 3.35. The van der Waals surface area contributed by atoms with Gasteiger partial charge in [0, 0.05) is 6.54 Å². The normalized spacial score (nSPS) is 44.2. The summed E-state index contributed by atoms with van der Waals surface area (Å²) in [5.41, 5.74) is 0.0634. The molecule has 2 fully saturated rings. The Hall–Kier alpha value is -0.120. The average molecular weight is 269 g/mol. The molecule has 3 heteroatoms. The van der Waals surface area contributed by atoms with E-state index in [1.54, 1.807) is 0 Å². The number of nitrogens with one attached hydrogen (secondary N) is 1. The van der Waals surface area contributed by atoms with Gasteiger partial charge in [-0.15, -0.1) is 0 Å². The molecule has 1 saturated carbocycles. The molecule has 1 saturated heterocycles. The van der Waals surface area contributed by atoms with Gasteiger partial charge in [-0.3, -0.25) is 0 Å². The Bertz CT molecular complexity index is 270. The van der Waals surface area contributed by atoms with Gasteiger partial charge in [0.2, 0.25) is 0 Å². The quantitative estimate of drug-likeness (QED) is 0.850. The van der Waals surface area contributed by atoms with Crippen LogP contribution in [0.3, 0.4) is 0 Å².